The highest BCUT2D eigenvalue weighted by Gasteiger charge is 2.47. The minimum atomic E-state index is -0.703. The highest BCUT2D eigenvalue weighted by atomic mass is 16.5. The van der Waals surface area contributed by atoms with Gasteiger partial charge in [-0.1, -0.05) is 42.0 Å². The smallest absolute Gasteiger partial charge is 0.295 e. The van der Waals surface area contributed by atoms with E-state index < -0.39 is 17.7 Å². The van der Waals surface area contributed by atoms with Crippen LogP contribution in [0.15, 0.2) is 54.1 Å². The van der Waals surface area contributed by atoms with Crippen molar-refractivity contribution in [1.29, 1.82) is 0 Å². The van der Waals surface area contributed by atoms with E-state index >= 15 is 0 Å². The van der Waals surface area contributed by atoms with E-state index in [4.69, 9.17) is 9.47 Å². The Balaban J connectivity index is 1.83. The molecule has 0 unspecified atom stereocenters. The van der Waals surface area contributed by atoms with Crippen LogP contribution in [-0.2, 0) is 14.3 Å². The summed E-state index contributed by atoms with van der Waals surface area (Å²) >= 11 is 0. The number of benzene rings is 2. The van der Waals surface area contributed by atoms with E-state index in [-0.39, 0.29) is 17.4 Å². The van der Waals surface area contributed by atoms with E-state index in [1.807, 2.05) is 31.2 Å². The summed E-state index contributed by atoms with van der Waals surface area (Å²) in [7, 11) is 1.56. The van der Waals surface area contributed by atoms with Gasteiger partial charge in [-0.3, -0.25) is 9.59 Å². The van der Waals surface area contributed by atoms with Crippen LogP contribution in [0.3, 0.4) is 0 Å². The largest absolute Gasteiger partial charge is 0.507 e. The van der Waals surface area contributed by atoms with Crippen molar-refractivity contribution in [2.24, 2.45) is 0 Å². The monoisotopic (exact) mass is 407 g/mol. The van der Waals surface area contributed by atoms with Crippen LogP contribution in [0.4, 0.5) is 0 Å². The normalized spacial score (nSPS) is 23.2. The molecule has 156 valence electrons. The Morgan fingerprint density at radius 2 is 1.97 bits per heavy atom. The number of ketones is 1. The molecule has 2 aliphatic heterocycles. The van der Waals surface area contributed by atoms with Crippen molar-refractivity contribution in [1.82, 2.24) is 4.90 Å². The number of ether oxygens (including phenoxy) is 2. The first-order valence-electron chi connectivity index (χ1n) is 10.1. The first-order valence-corrected chi connectivity index (χ1v) is 10.1. The summed E-state index contributed by atoms with van der Waals surface area (Å²) in [6.07, 6.45) is 1.66. The third-order valence-electron chi connectivity index (χ3n) is 5.70. The fourth-order valence-electron chi connectivity index (χ4n) is 4.10. The van der Waals surface area contributed by atoms with E-state index in [9.17, 15) is 14.7 Å². The Bertz CT molecular complexity index is 989. The highest BCUT2D eigenvalue weighted by molar-refractivity contribution is 6.46. The number of Topliss-reactive ketones (excluding diaryl/α,β-unsaturated/α-hetero) is 1. The molecule has 6 nitrogen and oxygen atoms in total. The number of amides is 1. The van der Waals surface area contributed by atoms with Crippen molar-refractivity contribution in [3.05, 3.63) is 70.8 Å². The number of rotatable bonds is 5. The summed E-state index contributed by atoms with van der Waals surface area (Å²) in [6.45, 7) is 2.90. The van der Waals surface area contributed by atoms with Crippen LogP contribution >= 0.6 is 0 Å². The second-order valence-corrected chi connectivity index (χ2v) is 7.73. The standard InChI is InChI=1S/C24H25NO5/c1-15-8-10-16(11-9-15)22(26)20-21(17-5-3-6-18(13-17)29-2)25(24(28)23(20)27)14-19-7-4-12-30-19/h3,5-6,8-11,13,19,21,26H,4,7,12,14H2,1-2H3/t19-,21-/m1/s1. The first kappa shape index (κ1) is 20.2. The molecule has 0 bridgehead atoms. The number of aliphatic hydroxyl groups excluding tert-OH is 1. The van der Waals surface area contributed by atoms with Gasteiger partial charge in [-0.2, -0.15) is 0 Å². The number of aliphatic hydroxyl groups is 1. The van der Waals surface area contributed by atoms with Crippen LogP contribution in [-0.4, -0.2) is 48.1 Å². The zero-order chi connectivity index (χ0) is 21.3. The summed E-state index contributed by atoms with van der Waals surface area (Å²) in [5.74, 6) is -0.854. The molecule has 30 heavy (non-hydrogen) atoms. The molecule has 2 heterocycles. The Hall–Kier alpha value is -3.12. The third-order valence-corrected chi connectivity index (χ3v) is 5.70. The molecular weight excluding hydrogens is 382 g/mol. The second kappa shape index (κ2) is 8.32. The highest BCUT2D eigenvalue weighted by Crippen LogP contribution is 2.40. The van der Waals surface area contributed by atoms with Crippen molar-refractivity contribution < 1.29 is 24.2 Å². The molecule has 6 heteroatoms. The molecule has 2 fully saturated rings. The number of hydrogen-bond acceptors (Lipinski definition) is 5. The number of aryl methyl sites for hydroxylation is 1. The molecule has 4 rings (SSSR count). The topological polar surface area (TPSA) is 76.1 Å². The lowest BCUT2D eigenvalue weighted by molar-refractivity contribution is -0.140. The minimum Gasteiger partial charge on any atom is -0.507 e. The fraction of sp³-hybridized carbons (Fsp3) is 0.333. The zero-order valence-electron chi connectivity index (χ0n) is 17.1. The van der Waals surface area contributed by atoms with Crippen molar-refractivity contribution in [3.8, 4) is 5.75 Å². The third kappa shape index (κ3) is 3.71. The van der Waals surface area contributed by atoms with Gasteiger partial charge in [-0.25, -0.2) is 0 Å². The summed E-state index contributed by atoms with van der Waals surface area (Å²) in [5.41, 5.74) is 2.34. The van der Waals surface area contributed by atoms with Gasteiger partial charge in [0, 0.05) is 18.7 Å². The van der Waals surface area contributed by atoms with Gasteiger partial charge in [0.2, 0.25) is 0 Å². The SMILES string of the molecule is COc1cccc([C@@H]2C(=C(O)c3ccc(C)cc3)C(=O)C(=O)N2C[C@H]2CCCO2)c1. The molecule has 2 aromatic rings. The second-order valence-electron chi connectivity index (χ2n) is 7.73. The van der Waals surface area contributed by atoms with E-state index in [0.29, 0.717) is 30.0 Å². The average molecular weight is 407 g/mol. The molecule has 2 atom stereocenters. The van der Waals surface area contributed by atoms with Gasteiger partial charge >= 0.3 is 0 Å². The van der Waals surface area contributed by atoms with Crippen LogP contribution in [0.5, 0.6) is 5.75 Å². The molecule has 0 saturated carbocycles. The van der Waals surface area contributed by atoms with Crippen LogP contribution in [0.25, 0.3) is 5.76 Å². The number of carbonyl (C=O) groups excluding carboxylic acids is 2. The van der Waals surface area contributed by atoms with Gasteiger partial charge in [0.05, 0.1) is 24.8 Å². The van der Waals surface area contributed by atoms with Gasteiger partial charge in [0.1, 0.15) is 11.5 Å². The van der Waals surface area contributed by atoms with Crippen LogP contribution < -0.4 is 4.74 Å². The van der Waals surface area contributed by atoms with Crippen molar-refractivity contribution >= 4 is 17.4 Å². The molecular formula is C24H25NO5. The molecule has 1 N–H and O–H groups in total. The lowest BCUT2D eigenvalue weighted by Crippen LogP contribution is -2.36. The van der Waals surface area contributed by atoms with Crippen molar-refractivity contribution in [2.75, 3.05) is 20.3 Å². The zero-order valence-corrected chi connectivity index (χ0v) is 17.1. The van der Waals surface area contributed by atoms with Gasteiger partial charge in [0.15, 0.2) is 0 Å². The Labute approximate surface area is 175 Å². The lowest BCUT2D eigenvalue weighted by Gasteiger charge is -2.27. The maximum atomic E-state index is 13.0. The minimum absolute atomic E-state index is 0.0927. The maximum absolute atomic E-state index is 13.0. The number of nitrogens with zero attached hydrogens (tertiary/aromatic N) is 1. The van der Waals surface area contributed by atoms with Crippen LogP contribution in [0, 0.1) is 6.92 Å². The number of methoxy groups -OCH3 is 1. The fourth-order valence-corrected chi connectivity index (χ4v) is 4.10. The van der Waals surface area contributed by atoms with Crippen LogP contribution in [0.1, 0.15) is 35.6 Å². The summed E-state index contributed by atoms with van der Waals surface area (Å²) in [4.78, 5) is 27.5. The van der Waals surface area contributed by atoms with Crippen molar-refractivity contribution in [3.63, 3.8) is 0 Å². The van der Waals surface area contributed by atoms with Gasteiger partial charge in [-0.05, 0) is 37.5 Å². The van der Waals surface area contributed by atoms with Crippen LogP contribution in [0.2, 0.25) is 0 Å². The molecule has 2 aliphatic rings. The first-order chi connectivity index (χ1) is 14.5. The Morgan fingerprint density at radius 1 is 1.20 bits per heavy atom. The molecule has 2 aromatic carbocycles. The summed E-state index contributed by atoms with van der Waals surface area (Å²) in [6, 6.07) is 13.8. The summed E-state index contributed by atoms with van der Waals surface area (Å²) in [5, 5.41) is 11.1. The molecule has 0 radical (unpaired) electrons. The molecule has 2 saturated heterocycles. The predicted octanol–water partition coefficient (Wildman–Crippen LogP) is 3.60. The van der Waals surface area contributed by atoms with E-state index in [1.165, 1.54) is 4.90 Å². The molecule has 0 spiro atoms. The van der Waals surface area contributed by atoms with E-state index in [0.717, 1.165) is 18.4 Å². The summed E-state index contributed by atoms with van der Waals surface area (Å²) < 4.78 is 11.1. The molecule has 1 amide bonds. The van der Waals surface area contributed by atoms with Gasteiger partial charge < -0.3 is 19.5 Å². The Kier molecular flexibility index (Phi) is 5.59. The molecule has 0 aliphatic carbocycles. The number of hydrogen-bond donors (Lipinski definition) is 1. The number of carbonyl (C=O) groups is 2. The Morgan fingerprint density at radius 3 is 2.63 bits per heavy atom. The maximum Gasteiger partial charge on any atom is 0.295 e. The van der Waals surface area contributed by atoms with Gasteiger partial charge in [0.25, 0.3) is 11.7 Å². The predicted molar refractivity (Wildman–Crippen MR) is 112 cm³/mol. The molecule has 0 aromatic heterocycles. The van der Waals surface area contributed by atoms with E-state index in [2.05, 4.69) is 0 Å². The quantitative estimate of drug-likeness (QED) is 0.466. The lowest BCUT2D eigenvalue weighted by atomic mass is 9.94. The van der Waals surface area contributed by atoms with E-state index in [1.54, 1.807) is 31.4 Å². The van der Waals surface area contributed by atoms with Crippen molar-refractivity contribution in [2.45, 2.75) is 31.9 Å². The van der Waals surface area contributed by atoms with Gasteiger partial charge in [-0.15, -0.1) is 0 Å². The number of likely N-dealkylation sites (tertiary alicyclic amines) is 1. The average Bonchev–Trinajstić information content (AvgIpc) is 3.36.